The highest BCUT2D eigenvalue weighted by Gasteiger charge is 2.24. The van der Waals surface area contributed by atoms with Crippen molar-refractivity contribution in [1.29, 1.82) is 0 Å². The Labute approximate surface area is 194 Å². The SMILES string of the molecule is CCCCOC(=O)Nc1ccc(-c2cc(C(=O)O)c(C)c(N(CC)C3CCOCC3)c2)cn1. The van der Waals surface area contributed by atoms with Gasteiger partial charge >= 0.3 is 12.1 Å². The number of rotatable bonds is 9. The summed E-state index contributed by atoms with van der Waals surface area (Å²) in [6.07, 6.45) is 4.67. The van der Waals surface area contributed by atoms with Crippen LogP contribution in [0.2, 0.25) is 0 Å². The molecule has 8 nitrogen and oxygen atoms in total. The van der Waals surface area contributed by atoms with E-state index in [2.05, 4.69) is 22.1 Å². The zero-order valence-corrected chi connectivity index (χ0v) is 19.6. The maximum Gasteiger partial charge on any atom is 0.412 e. The minimum absolute atomic E-state index is 0.273. The predicted molar refractivity (Wildman–Crippen MR) is 128 cm³/mol. The van der Waals surface area contributed by atoms with Gasteiger partial charge in [-0.25, -0.2) is 14.6 Å². The molecule has 33 heavy (non-hydrogen) atoms. The molecule has 178 valence electrons. The van der Waals surface area contributed by atoms with Crippen molar-refractivity contribution in [1.82, 2.24) is 4.98 Å². The van der Waals surface area contributed by atoms with E-state index in [9.17, 15) is 14.7 Å². The third kappa shape index (κ3) is 6.22. The lowest BCUT2D eigenvalue weighted by atomic mass is 9.96. The van der Waals surface area contributed by atoms with E-state index in [4.69, 9.17) is 9.47 Å². The second-order valence-corrected chi connectivity index (χ2v) is 8.15. The highest BCUT2D eigenvalue weighted by atomic mass is 16.5. The molecule has 3 rings (SSSR count). The summed E-state index contributed by atoms with van der Waals surface area (Å²) in [7, 11) is 0. The van der Waals surface area contributed by atoms with E-state index in [0.717, 1.165) is 54.6 Å². The molecule has 0 spiro atoms. The Balaban J connectivity index is 1.88. The molecule has 1 aliphatic heterocycles. The van der Waals surface area contributed by atoms with Crippen molar-refractivity contribution < 1.29 is 24.2 Å². The average Bonchev–Trinajstić information content (AvgIpc) is 2.82. The van der Waals surface area contributed by atoms with E-state index < -0.39 is 12.1 Å². The molecular formula is C25H33N3O5. The molecule has 1 aliphatic rings. The van der Waals surface area contributed by atoms with Crippen LogP contribution in [0.15, 0.2) is 30.5 Å². The second kappa shape index (κ2) is 11.7. The molecule has 0 aliphatic carbocycles. The number of aromatic carboxylic acids is 1. The van der Waals surface area contributed by atoms with E-state index in [1.165, 1.54) is 0 Å². The van der Waals surface area contributed by atoms with Crippen LogP contribution >= 0.6 is 0 Å². The van der Waals surface area contributed by atoms with Crippen LogP contribution in [0.5, 0.6) is 0 Å². The van der Waals surface area contributed by atoms with Crippen molar-refractivity contribution >= 4 is 23.6 Å². The first-order chi connectivity index (χ1) is 15.9. The zero-order chi connectivity index (χ0) is 23.8. The van der Waals surface area contributed by atoms with E-state index in [1.807, 2.05) is 26.0 Å². The molecule has 1 aromatic carbocycles. The number of nitrogens with one attached hydrogen (secondary N) is 1. The van der Waals surface area contributed by atoms with Crippen LogP contribution in [0.25, 0.3) is 11.1 Å². The highest BCUT2D eigenvalue weighted by molar-refractivity contribution is 5.94. The first-order valence-corrected chi connectivity index (χ1v) is 11.6. The summed E-state index contributed by atoms with van der Waals surface area (Å²) in [4.78, 5) is 30.5. The monoisotopic (exact) mass is 455 g/mol. The second-order valence-electron chi connectivity index (χ2n) is 8.15. The number of benzene rings is 1. The number of hydrogen-bond acceptors (Lipinski definition) is 6. The molecule has 0 radical (unpaired) electrons. The number of anilines is 2. The van der Waals surface area contributed by atoms with Gasteiger partial charge in [-0.1, -0.05) is 13.3 Å². The third-order valence-corrected chi connectivity index (χ3v) is 5.95. The molecule has 2 N–H and O–H groups in total. The zero-order valence-electron chi connectivity index (χ0n) is 19.6. The van der Waals surface area contributed by atoms with Crippen molar-refractivity contribution in [2.75, 3.05) is 36.6 Å². The number of aromatic nitrogens is 1. The van der Waals surface area contributed by atoms with Crippen LogP contribution in [-0.4, -0.2) is 54.6 Å². The lowest BCUT2D eigenvalue weighted by Crippen LogP contribution is -2.40. The van der Waals surface area contributed by atoms with Crippen molar-refractivity contribution in [3.63, 3.8) is 0 Å². The largest absolute Gasteiger partial charge is 0.478 e. The predicted octanol–water partition coefficient (Wildman–Crippen LogP) is 5.11. The number of hydrogen-bond donors (Lipinski definition) is 2. The number of carboxylic acid groups (broad SMARTS) is 1. The van der Waals surface area contributed by atoms with Crippen molar-refractivity contribution in [2.45, 2.75) is 52.5 Å². The summed E-state index contributed by atoms with van der Waals surface area (Å²) < 4.78 is 10.6. The number of carbonyl (C=O) groups excluding carboxylic acids is 1. The standard InChI is InChI=1S/C25H33N3O5/c1-4-6-11-33-25(31)27-23-8-7-18(16-26-23)19-14-21(24(29)30)17(3)22(15-19)28(5-2)20-9-12-32-13-10-20/h7-8,14-16,20H,4-6,9-13H2,1-3H3,(H,29,30)(H,26,27,31). The average molecular weight is 456 g/mol. The van der Waals surface area contributed by atoms with Crippen LogP contribution in [0.1, 0.15) is 55.5 Å². The Morgan fingerprint density at radius 1 is 1.21 bits per heavy atom. The fourth-order valence-corrected chi connectivity index (χ4v) is 4.10. The van der Waals surface area contributed by atoms with Crippen molar-refractivity contribution in [3.05, 3.63) is 41.6 Å². The number of carbonyl (C=O) groups is 2. The van der Waals surface area contributed by atoms with Gasteiger partial charge in [0.25, 0.3) is 0 Å². The van der Waals surface area contributed by atoms with Crippen molar-refractivity contribution in [2.24, 2.45) is 0 Å². The number of carboxylic acids is 1. The Bertz CT molecular complexity index is 955. The number of nitrogens with zero attached hydrogens (tertiary/aromatic N) is 2. The van der Waals surface area contributed by atoms with Gasteiger partial charge in [0.1, 0.15) is 5.82 Å². The fourth-order valence-electron chi connectivity index (χ4n) is 4.10. The van der Waals surface area contributed by atoms with Gasteiger partial charge in [0.2, 0.25) is 0 Å². The first kappa shape index (κ1) is 24.5. The van der Waals surface area contributed by atoms with Gasteiger partial charge in [0.05, 0.1) is 12.2 Å². The number of ether oxygens (including phenoxy) is 2. The summed E-state index contributed by atoms with van der Waals surface area (Å²) in [5.74, 6) is -0.580. The molecule has 2 heterocycles. The molecule has 1 amide bonds. The van der Waals surface area contributed by atoms with Crippen LogP contribution in [0.3, 0.4) is 0 Å². The Kier molecular flexibility index (Phi) is 8.65. The number of pyridine rings is 1. The third-order valence-electron chi connectivity index (χ3n) is 5.95. The summed E-state index contributed by atoms with van der Waals surface area (Å²) in [5.41, 5.74) is 3.48. The van der Waals surface area contributed by atoms with Crippen LogP contribution < -0.4 is 10.2 Å². The maximum atomic E-state index is 12.0. The van der Waals surface area contributed by atoms with E-state index in [1.54, 1.807) is 18.3 Å². The summed E-state index contributed by atoms with van der Waals surface area (Å²) in [5, 5.41) is 12.5. The number of amides is 1. The van der Waals surface area contributed by atoms with Gasteiger partial charge < -0.3 is 19.5 Å². The van der Waals surface area contributed by atoms with E-state index in [0.29, 0.717) is 31.7 Å². The van der Waals surface area contributed by atoms with Gasteiger partial charge in [0, 0.05) is 43.2 Å². The van der Waals surface area contributed by atoms with E-state index in [-0.39, 0.29) is 5.56 Å². The lowest BCUT2D eigenvalue weighted by molar-refractivity contribution is 0.0695. The van der Waals surface area contributed by atoms with Crippen LogP contribution in [0, 0.1) is 6.92 Å². The molecule has 8 heteroatoms. The first-order valence-electron chi connectivity index (χ1n) is 11.6. The molecule has 0 unspecified atom stereocenters. The maximum absolute atomic E-state index is 12.0. The van der Waals surface area contributed by atoms with E-state index >= 15 is 0 Å². The van der Waals surface area contributed by atoms with Crippen LogP contribution in [-0.2, 0) is 9.47 Å². The van der Waals surface area contributed by atoms with Gasteiger partial charge in [-0.05, 0) is 68.5 Å². The Morgan fingerprint density at radius 2 is 1.97 bits per heavy atom. The van der Waals surface area contributed by atoms with Gasteiger partial charge in [0.15, 0.2) is 0 Å². The van der Waals surface area contributed by atoms with Gasteiger partial charge in [-0.2, -0.15) is 0 Å². The topological polar surface area (TPSA) is 101 Å². The molecule has 0 saturated carbocycles. The molecule has 1 saturated heterocycles. The summed E-state index contributed by atoms with van der Waals surface area (Å²) in [6.45, 7) is 8.54. The molecule has 1 aromatic heterocycles. The Morgan fingerprint density at radius 3 is 2.58 bits per heavy atom. The quantitative estimate of drug-likeness (QED) is 0.507. The summed E-state index contributed by atoms with van der Waals surface area (Å²) in [6, 6.07) is 7.53. The lowest BCUT2D eigenvalue weighted by Gasteiger charge is -2.36. The fraction of sp³-hybridized carbons (Fsp3) is 0.480. The molecule has 0 atom stereocenters. The number of unbranched alkanes of at least 4 members (excludes halogenated alkanes) is 1. The minimum atomic E-state index is -0.959. The highest BCUT2D eigenvalue weighted by Crippen LogP contribution is 2.33. The van der Waals surface area contributed by atoms with Crippen LogP contribution in [0.4, 0.5) is 16.3 Å². The normalized spacial score (nSPS) is 14.0. The van der Waals surface area contributed by atoms with Gasteiger partial charge in [-0.15, -0.1) is 0 Å². The molecule has 0 bridgehead atoms. The molecular weight excluding hydrogens is 422 g/mol. The van der Waals surface area contributed by atoms with Gasteiger partial charge in [-0.3, -0.25) is 5.32 Å². The smallest absolute Gasteiger partial charge is 0.412 e. The minimum Gasteiger partial charge on any atom is -0.478 e. The molecule has 2 aromatic rings. The summed E-state index contributed by atoms with van der Waals surface area (Å²) >= 11 is 0. The Hall–Kier alpha value is -3.13. The molecule has 1 fully saturated rings. The van der Waals surface area contributed by atoms with Crippen molar-refractivity contribution in [3.8, 4) is 11.1 Å².